The summed E-state index contributed by atoms with van der Waals surface area (Å²) in [7, 11) is 0. The lowest BCUT2D eigenvalue weighted by Gasteiger charge is -2.22. The van der Waals surface area contributed by atoms with Crippen molar-refractivity contribution in [2.75, 3.05) is 12.5 Å². The number of nitrogens with zero attached hydrogens (tertiary/aromatic N) is 2. The minimum atomic E-state index is -0.826. The van der Waals surface area contributed by atoms with E-state index in [1.165, 1.54) is 23.9 Å². The molecule has 84 valence electrons. The molecule has 5 nitrogen and oxygen atoms in total. The zero-order chi connectivity index (χ0) is 11.3. The van der Waals surface area contributed by atoms with Crippen LogP contribution >= 0.6 is 23.9 Å². The molecule has 1 aromatic heterocycles. The van der Waals surface area contributed by atoms with Crippen LogP contribution in [0.4, 0.5) is 0 Å². The molecule has 0 amide bonds. The van der Waals surface area contributed by atoms with Crippen molar-refractivity contribution < 1.29 is 9.90 Å². The zero-order valence-electron chi connectivity index (χ0n) is 8.51. The van der Waals surface area contributed by atoms with Gasteiger partial charge in [0.2, 0.25) is 0 Å². The topological polar surface area (TPSA) is 69.2 Å². The summed E-state index contributed by atoms with van der Waals surface area (Å²) in [6, 6.07) is -0.546. The van der Waals surface area contributed by atoms with Gasteiger partial charge in [-0.15, -0.1) is 0 Å². The fourth-order valence-electron chi connectivity index (χ4n) is 1.19. The lowest BCUT2D eigenvalue weighted by Crippen LogP contribution is -2.34. The summed E-state index contributed by atoms with van der Waals surface area (Å²) >= 11 is 2.82. The number of nitrogens with one attached hydrogen (secondary N) is 1. The summed E-state index contributed by atoms with van der Waals surface area (Å²) in [4.78, 5) is 17.9. The summed E-state index contributed by atoms with van der Waals surface area (Å²) in [5.74, 6) is -0.826. The fourth-order valence-corrected chi connectivity index (χ4v) is 2.62. The maximum absolute atomic E-state index is 11.1. The second-order valence-electron chi connectivity index (χ2n) is 2.79. The lowest BCUT2D eigenvalue weighted by molar-refractivity contribution is -0.140. The molecule has 0 radical (unpaired) electrons. The zero-order valence-corrected chi connectivity index (χ0v) is 10.1. The van der Waals surface area contributed by atoms with Gasteiger partial charge in [0.15, 0.2) is 0 Å². The van der Waals surface area contributed by atoms with Crippen molar-refractivity contribution in [2.24, 2.45) is 0 Å². The molecule has 0 spiro atoms. The molecule has 7 heteroatoms. The van der Waals surface area contributed by atoms with Gasteiger partial charge in [0, 0.05) is 18.3 Å². The molecule has 15 heavy (non-hydrogen) atoms. The molecule has 0 saturated heterocycles. The minimum Gasteiger partial charge on any atom is -0.480 e. The predicted molar refractivity (Wildman–Crippen MR) is 62.6 cm³/mol. The number of carbonyl (C=O) groups is 1. The maximum atomic E-state index is 11.1. The number of aromatic nitrogens is 2. The molecule has 0 aliphatic heterocycles. The number of aromatic amines is 1. The van der Waals surface area contributed by atoms with Crippen LogP contribution in [0.1, 0.15) is 5.69 Å². The van der Waals surface area contributed by atoms with Gasteiger partial charge >= 0.3 is 5.97 Å². The third kappa shape index (κ3) is 3.44. The molecule has 1 atom stereocenters. The smallest absolute Gasteiger partial charge is 0.323 e. The Labute approximate surface area is 96.9 Å². The van der Waals surface area contributed by atoms with Crippen molar-refractivity contribution in [3.8, 4) is 0 Å². The summed E-state index contributed by atoms with van der Waals surface area (Å²) in [6.45, 7) is 0. The number of hydrogen-bond acceptors (Lipinski definition) is 5. The van der Waals surface area contributed by atoms with E-state index in [1.54, 1.807) is 16.2 Å². The molecule has 0 aliphatic rings. The molecule has 1 aromatic rings. The standard InChI is InChI=1S/C8H13N3O2S2/c1-14-11(15-2)7(8(12)13)3-6-4-9-5-10-6/h4-5,7H,3H2,1-2H3,(H,9,10)(H,12,13). The van der Waals surface area contributed by atoms with E-state index in [2.05, 4.69) is 9.97 Å². The molecule has 0 fully saturated rings. The lowest BCUT2D eigenvalue weighted by atomic mass is 10.2. The van der Waals surface area contributed by atoms with Crippen molar-refractivity contribution in [3.63, 3.8) is 0 Å². The van der Waals surface area contributed by atoms with Crippen LogP contribution in [0.15, 0.2) is 12.5 Å². The molecule has 0 aliphatic carbocycles. The molecule has 1 rings (SSSR count). The van der Waals surface area contributed by atoms with Crippen LogP contribution in [0.2, 0.25) is 0 Å². The molecular formula is C8H13N3O2S2. The molecule has 0 bridgehead atoms. The average Bonchev–Trinajstić information content (AvgIpc) is 2.70. The number of H-pyrrole nitrogens is 1. The van der Waals surface area contributed by atoms with Gasteiger partial charge in [-0.05, 0) is 12.5 Å². The van der Waals surface area contributed by atoms with Crippen molar-refractivity contribution in [1.29, 1.82) is 0 Å². The fraction of sp³-hybridized carbons (Fsp3) is 0.500. The third-order valence-corrected chi connectivity index (χ3v) is 3.99. The highest BCUT2D eigenvalue weighted by Gasteiger charge is 2.25. The summed E-state index contributed by atoms with van der Waals surface area (Å²) in [6.07, 6.45) is 7.35. The molecule has 2 N–H and O–H groups in total. The molecule has 0 aromatic carbocycles. The quantitative estimate of drug-likeness (QED) is 0.738. The Morgan fingerprint density at radius 1 is 1.67 bits per heavy atom. The second kappa shape index (κ2) is 6.04. The first-order valence-electron chi connectivity index (χ1n) is 4.26. The van der Waals surface area contributed by atoms with Crippen LogP contribution < -0.4 is 0 Å². The first-order valence-corrected chi connectivity index (χ1v) is 6.63. The van der Waals surface area contributed by atoms with Crippen LogP contribution in [-0.4, -0.2) is 43.3 Å². The summed E-state index contributed by atoms with van der Waals surface area (Å²) < 4.78 is 1.75. The van der Waals surface area contributed by atoms with Crippen molar-refractivity contribution in [3.05, 3.63) is 18.2 Å². The second-order valence-corrected chi connectivity index (χ2v) is 4.53. The number of carboxylic acid groups (broad SMARTS) is 1. The predicted octanol–water partition coefficient (Wildman–Crippen LogP) is 1.26. The van der Waals surface area contributed by atoms with Gasteiger partial charge in [-0.3, -0.25) is 4.79 Å². The van der Waals surface area contributed by atoms with E-state index in [4.69, 9.17) is 5.11 Å². The number of imidazole rings is 1. The van der Waals surface area contributed by atoms with Gasteiger partial charge in [0.05, 0.1) is 6.33 Å². The van der Waals surface area contributed by atoms with Crippen LogP contribution in [0.25, 0.3) is 0 Å². The Kier molecular flexibility index (Phi) is 5.00. The SMILES string of the molecule is CSN(SC)C(Cc1cnc[nH]1)C(=O)O. The number of carboxylic acids is 1. The Morgan fingerprint density at radius 3 is 2.73 bits per heavy atom. The average molecular weight is 247 g/mol. The summed E-state index contributed by atoms with van der Waals surface area (Å²) in [5, 5.41) is 9.10. The van der Waals surface area contributed by atoms with E-state index in [9.17, 15) is 4.79 Å². The third-order valence-electron chi connectivity index (χ3n) is 1.87. The normalized spacial score (nSPS) is 13.0. The highest BCUT2D eigenvalue weighted by atomic mass is 32.2. The highest BCUT2D eigenvalue weighted by Crippen LogP contribution is 2.22. The van der Waals surface area contributed by atoms with Crippen LogP contribution in [-0.2, 0) is 11.2 Å². The van der Waals surface area contributed by atoms with E-state index in [-0.39, 0.29) is 0 Å². The molecule has 1 heterocycles. The number of rotatable bonds is 6. The minimum absolute atomic E-state index is 0.428. The molecule has 1 unspecified atom stereocenters. The highest BCUT2D eigenvalue weighted by molar-refractivity contribution is 8.11. The van der Waals surface area contributed by atoms with Gasteiger partial charge in [0.25, 0.3) is 0 Å². The van der Waals surface area contributed by atoms with Crippen molar-refractivity contribution in [1.82, 2.24) is 13.7 Å². The Bertz CT molecular complexity index is 301. The molecular weight excluding hydrogens is 234 g/mol. The van der Waals surface area contributed by atoms with Gasteiger partial charge in [0.1, 0.15) is 6.04 Å². The van der Waals surface area contributed by atoms with E-state index in [0.717, 1.165) is 5.69 Å². The maximum Gasteiger partial charge on any atom is 0.323 e. The Hall–Kier alpha value is -0.660. The summed E-state index contributed by atoms with van der Waals surface area (Å²) in [5.41, 5.74) is 0.829. The monoisotopic (exact) mass is 247 g/mol. The van der Waals surface area contributed by atoms with Gasteiger partial charge in [-0.2, -0.15) is 3.71 Å². The van der Waals surface area contributed by atoms with E-state index >= 15 is 0 Å². The van der Waals surface area contributed by atoms with E-state index in [0.29, 0.717) is 6.42 Å². The van der Waals surface area contributed by atoms with Crippen molar-refractivity contribution in [2.45, 2.75) is 12.5 Å². The first kappa shape index (κ1) is 12.4. The van der Waals surface area contributed by atoms with Gasteiger partial charge in [-0.1, -0.05) is 23.9 Å². The number of hydrogen-bond donors (Lipinski definition) is 2. The number of aliphatic carboxylic acids is 1. The Balaban J connectivity index is 2.70. The van der Waals surface area contributed by atoms with Gasteiger partial charge < -0.3 is 10.1 Å². The van der Waals surface area contributed by atoms with Crippen LogP contribution in [0.5, 0.6) is 0 Å². The first-order chi connectivity index (χ1) is 7.19. The van der Waals surface area contributed by atoms with Crippen molar-refractivity contribution >= 4 is 29.9 Å². The van der Waals surface area contributed by atoms with Crippen LogP contribution in [0.3, 0.4) is 0 Å². The Morgan fingerprint density at radius 2 is 2.33 bits per heavy atom. The van der Waals surface area contributed by atoms with Gasteiger partial charge in [-0.25, -0.2) is 4.98 Å². The van der Waals surface area contributed by atoms with Crippen LogP contribution in [0, 0.1) is 0 Å². The largest absolute Gasteiger partial charge is 0.480 e. The van der Waals surface area contributed by atoms with E-state index in [1.807, 2.05) is 12.5 Å². The molecule has 0 saturated carbocycles. The van der Waals surface area contributed by atoms with E-state index < -0.39 is 12.0 Å².